The van der Waals surface area contributed by atoms with E-state index in [0.717, 1.165) is 6.92 Å². The SMILES string of the molecule is CC(=O)N[C@H](C(=O)N[C@H](C(=O)N[C@@H](CC(C)C)C(=O)N[C@@H](CC(=O)O)C(=O)N[C@@H](C)C(=O)N[C@@H](CC(=O)O)C(=O)N[C@@H](Cc1ccccc1)C(=O)O)[C@@H](C)O)C(C)C. The van der Waals surface area contributed by atoms with E-state index in [9.17, 15) is 68.4 Å². The summed E-state index contributed by atoms with van der Waals surface area (Å²) in [6.07, 6.45) is -3.73. The standard InChI is InChI=1S/C37H55N7O14/c1-17(2)13-23(42-36(56)30(20(6)45)44-35(55)29(18(3)4)39-21(7)46)33(53)41-24(15-27(47)48)32(52)38-19(5)31(51)40-25(16-28(49)50)34(54)43-26(37(57)58)14-22-11-9-8-10-12-22/h8-12,17-20,23-26,29-30,45H,13-16H2,1-7H3,(H,38,52)(H,39,46)(H,40,51)(H,41,53)(H,42,56)(H,43,54)(H,44,55)(H,47,48)(H,49,50)(H,57,58)/t19-,20+,23-,24-,25-,26-,29-,30-/m0/s1. The van der Waals surface area contributed by atoms with Gasteiger partial charge in [-0.15, -0.1) is 0 Å². The number of amides is 7. The molecule has 0 aliphatic rings. The second-order valence-electron chi connectivity index (χ2n) is 14.5. The number of aliphatic carboxylic acids is 3. The van der Waals surface area contributed by atoms with Crippen LogP contribution in [0.25, 0.3) is 0 Å². The number of aliphatic hydroxyl groups excluding tert-OH is 1. The van der Waals surface area contributed by atoms with Crippen LogP contribution in [0.4, 0.5) is 0 Å². The van der Waals surface area contributed by atoms with Gasteiger partial charge in [-0.05, 0) is 37.7 Å². The lowest BCUT2D eigenvalue weighted by Gasteiger charge is -2.29. The van der Waals surface area contributed by atoms with Gasteiger partial charge in [0.25, 0.3) is 0 Å². The van der Waals surface area contributed by atoms with Crippen molar-refractivity contribution in [3.8, 4) is 0 Å². The number of hydrogen-bond acceptors (Lipinski definition) is 11. The van der Waals surface area contributed by atoms with E-state index in [1.165, 1.54) is 13.8 Å². The van der Waals surface area contributed by atoms with Crippen molar-refractivity contribution in [2.24, 2.45) is 11.8 Å². The van der Waals surface area contributed by atoms with E-state index in [1.807, 2.05) is 0 Å². The zero-order chi connectivity index (χ0) is 44.4. The second-order valence-corrected chi connectivity index (χ2v) is 14.5. The third-order valence-electron chi connectivity index (χ3n) is 8.38. The first-order chi connectivity index (χ1) is 26.9. The summed E-state index contributed by atoms with van der Waals surface area (Å²) in [5.41, 5.74) is 0.541. The first-order valence-corrected chi connectivity index (χ1v) is 18.4. The molecule has 58 heavy (non-hydrogen) atoms. The number of hydrogen-bond donors (Lipinski definition) is 11. The molecule has 1 aromatic carbocycles. The molecule has 0 saturated heterocycles. The highest BCUT2D eigenvalue weighted by atomic mass is 16.4. The molecule has 0 aliphatic carbocycles. The highest BCUT2D eigenvalue weighted by Gasteiger charge is 2.36. The van der Waals surface area contributed by atoms with Gasteiger partial charge in [-0.3, -0.25) is 43.2 Å². The molecule has 0 spiro atoms. The van der Waals surface area contributed by atoms with E-state index in [2.05, 4.69) is 37.2 Å². The minimum atomic E-state index is -1.85. The number of carboxylic acid groups (broad SMARTS) is 3. The Bertz CT molecular complexity index is 1650. The van der Waals surface area contributed by atoms with Gasteiger partial charge < -0.3 is 57.6 Å². The summed E-state index contributed by atoms with van der Waals surface area (Å²) in [7, 11) is 0. The van der Waals surface area contributed by atoms with Crippen LogP contribution in [0, 0.1) is 11.8 Å². The number of benzene rings is 1. The lowest BCUT2D eigenvalue weighted by molar-refractivity contribution is -0.143. The molecule has 0 saturated carbocycles. The Morgan fingerprint density at radius 1 is 0.534 bits per heavy atom. The van der Waals surface area contributed by atoms with Crippen LogP contribution in [0.15, 0.2) is 30.3 Å². The molecule has 0 aliphatic heterocycles. The summed E-state index contributed by atoms with van der Waals surface area (Å²) in [6, 6.07) is -2.67. The molecular weight excluding hydrogens is 766 g/mol. The zero-order valence-corrected chi connectivity index (χ0v) is 33.4. The van der Waals surface area contributed by atoms with E-state index in [1.54, 1.807) is 58.0 Å². The summed E-state index contributed by atoms with van der Waals surface area (Å²) in [5, 5.41) is 54.9. The van der Waals surface area contributed by atoms with Gasteiger partial charge in [0.15, 0.2) is 0 Å². The molecule has 0 radical (unpaired) electrons. The van der Waals surface area contributed by atoms with Crippen molar-refractivity contribution < 1.29 is 68.4 Å². The molecule has 322 valence electrons. The van der Waals surface area contributed by atoms with Gasteiger partial charge in [0.05, 0.1) is 18.9 Å². The fourth-order valence-electron chi connectivity index (χ4n) is 5.41. The average molecular weight is 822 g/mol. The van der Waals surface area contributed by atoms with E-state index in [0.29, 0.717) is 5.56 Å². The normalized spacial score (nSPS) is 15.1. The first-order valence-electron chi connectivity index (χ1n) is 18.4. The third-order valence-corrected chi connectivity index (χ3v) is 8.38. The van der Waals surface area contributed by atoms with Crippen LogP contribution in [-0.2, 0) is 54.4 Å². The number of rotatable bonds is 24. The molecule has 0 unspecified atom stereocenters. The van der Waals surface area contributed by atoms with Crippen molar-refractivity contribution in [3.63, 3.8) is 0 Å². The smallest absolute Gasteiger partial charge is 0.326 e. The molecule has 21 nitrogen and oxygen atoms in total. The zero-order valence-electron chi connectivity index (χ0n) is 33.4. The van der Waals surface area contributed by atoms with Crippen molar-refractivity contribution in [2.45, 2.75) is 123 Å². The van der Waals surface area contributed by atoms with Gasteiger partial charge in [0.2, 0.25) is 41.4 Å². The second kappa shape index (κ2) is 23.8. The summed E-state index contributed by atoms with van der Waals surface area (Å²) in [6.45, 7) is 10.2. The van der Waals surface area contributed by atoms with E-state index >= 15 is 0 Å². The van der Waals surface area contributed by atoms with Gasteiger partial charge >= 0.3 is 17.9 Å². The minimum absolute atomic E-state index is 0.0695. The molecule has 0 bridgehead atoms. The fourth-order valence-corrected chi connectivity index (χ4v) is 5.41. The van der Waals surface area contributed by atoms with E-state index < -0.39 is 126 Å². The first kappa shape index (κ1) is 49.9. The Kier molecular flexibility index (Phi) is 20.5. The number of nitrogens with one attached hydrogen (secondary N) is 7. The molecule has 1 aromatic rings. The van der Waals surface area contributed by atoms with Crippen LogP contribution in [0.3, 0.4) is 0 Å². The Labute approximate surface area is 334 Å². The predicted octanol–water partition coefficient (Wildman–Crippen LogP) is -2.22. The molecule has 11 N–H and O–H groups in total. The largest absolute Gasteiger partial charge is 0.481 e. The lowest BCUT2D eigenvalue weighted by atomic mass is 10.0. The van der Waals surface area contributed by atoms with E-state index in [-0.39, 0.29) is 18.8 Å². The van der Waals surface area contributed by atoms with Crippen LogP contribution in [-0.4, -0.2) is 128 Å². The van der Waals surface area contributed by atoms with Crippen molar-refractivity contribution in [3.05, 3.63) is 35.9 Å². The van der Waals surface area contributed by atoms with Crippen molar-refractivity contribution in [2.75, 3.05) is 0 Å². The molecule has 0 fully saturated rings. The van der Waals surface area contributed by atoms with Crippen molar-refractivity contribution in [1.29, 1.82) is 0 Å². The monoisotopic (exact) mass is 821 g/mol. The molecular formula is C37H55N7O14. The summed E-state index contributed by atoms with van der Waals surface area (Å²) >= 11 is 0. The number of aliphatic hydroxyl groups is 1. The lowest BCUT2D eigenvalue weighted by Crippen LogP contribution is -2.61. The quantitative estimate of drug-likeness (QED) is 0.0527. The minimum Gasteiger partial charge on any atom is -0.481 e. The van der Waals surface area contributed by atoms with Gasteiger partial charge in [-0.25, -0.2) is 4.79 Å². The van der Waals surface area contributed by atoms with Crippen LogP contribution >= 0.6 is 0 Å². The molecule has 1 rings (SSSR count). The topological polar surface area (TPSA) is 336 Å². The Morgan fingerprint density at radius 2 is 0.983 bits per heavy atom. The maximum Gasteiger partial charge on any atom is 0.326 e. The number of carboxylic acids is 3. The average Bonchev–Trinajstić information content (AvgIpc) is 3.10. The molecule has 0 heterocycles. The Hall–Kier alpha value is -6.12. The van der Waals surface area contributed by atoms with Crippen LogP contribution in [0.2, 0.25) is 0 Å². The van der Waals surface area contributed by atoms with Crippen LogP contribution < -0.4 is 37.2 Å². The summed E-state index contributed by atoms with van der Waals surface area (Å²) in [5.74, 6) is -12.1. The highest BCUT2D eigenvalue weighted by Crippen LogP contribution is 2.10. The highest BCUT2D eigenvalue weighted by molar-refractivity contribution is 5.98. The van der Waals surface area contributed by atoms with Crippen molar-refractivity contribution >= 4 is 59.3 Å². The number of carbonyl (C=O) groups excluding carboxylic acids is 7. The van der Waals surface area contributed by atoms with Gasteiger partial charge in [-0.2, -0.15) is 0 Å². The van der Waals surface area contributed by atoms with Crippen LogP contribution in [0.1, 0.15) is 73.3 Å². The third kappa shape index (κ3) is 17.8. The predicted molar refractivity (Wildman–Crippen MR) is 203 cm³/mol. The van der Waals surface area contributed by atoms with E-state index in [4.69, 9.17) is 0 Å². The van der Waals surface area contributed by atoms with Gasteiger partial charge in [0.1, 0.15) is 42.3 Å². The fraction of sp³-hybridized carbons (Fsp3) is 0.568. The van der Waals surface area contributed by atoms with Gasteiger partial charge in [-0.1, -0.05) is 58.0 Å². The van der Waals surface area contributed by atoms with Gasteiger partial charge in [0, 0.05) is 13.3 Å². The molecule has 0 aromatic heterocycles. The maximum atomic E-state index is 13.5. The summed E-state index contributed by atoms with van der Waals surface area (Å²) in [4.78, 5) is 126. The number of carbonyl (C=O) groups is 10. The summed E-state index contributed by atoms with van der Waals surface area (Å²) < 4.78 is 0. The van der Waals surface area contributed by atoms with Crippen LogP contribution in [0.5, 0.6) is 0 Å². The molecule has 8 atom stereocenters. The Balaban J connectivity index is 3.17. The molecule has 21 heteroatoms. The molecule has 7 amide bonds. The van der Waals surface area contributed by atoms with Crippen molar-refractivity contribution in [1.82, 2.24) is 37.2 Å². The Morgan fingerprint density at radius 3 is 1.43 bits per heavy atom. The maximum absolute atomic E-state index is 13.5.